The number of benzene rings is 3. The summed E-state index contributed by atoms with van der Waals surface area (Å²) in [5, 5.41) is 2.88. The van der Waals surface area contributed by atoms with E-state index in [0.717, 1.165) is 16.8 Å². The summed E-state index contributed by atoms with van der Waals surface area (Å²) in [4.78, 5) is 43.3. The smallest absolute Gasteiger partial charge is 0.261 e. The largest absolute Gasteiger partial charge is 0.444 e. The van der Waals surface area contributed by atoms with Crippen LogP contribution in [0.4, 0.5) is 0 Å². The maximum atomic E-state index is 12.5. The molecule has 0 atom stereocenters. The van der Waals surface area contributed by atoms with E-state index in [0.29, 0.717) is 35.5 Å². The van der Waals surface area contributed by atoms with Gasteiger partial charge >= 0.3 is 0 Å². The lowest BCUT2D eigenvalue weighted by molar-refractivity contribution is 0.0641. The fraction of sp³-hybridized carbons (Fsp3) is 0.143. The highest BCUT2D eigenvalue weighted by atomic mass is 16.3. The second kappa shape index (κ2) is 9.38. The molecule has 0 unspecified atom stereocenters. The van der Waals surface area contributed by atoms with E-state index in [2.05, 4.69) is 10.3 Å². The molecule has 7 heteroatoms. The number of rotatable bonds is 7. The number of aryl methyl sites for hydroxylation is 1. The molecule has 0 spiro atoms. The van der Waals surface area contributed by atoms with Crippen LogP contribution < -0.4 is 5.32 Å². The van der Waals surface area contributed by atoms with Crippen LogP contribution in [0.2, 0.25) is 0 Å². The van der Waals surface area contributed by atoms with Crippen molar-refractivity contribution in [3.05, 3.63) is 113 Å². The van der Waals surface area contributed by atoms with Gasteiger partial charge in [0, 0.05) is 24.1 Å². The summed E-state index contributed by atoms with van der Waals surface area (Å²) in [5.74, 6) is -0.254. The molecule has 0 saturated heterocycles. The summed E-state index contributed by atoms with van der Waals surface area (Å²) in [5.41, 5.74) is 4.95. The number of nitrogens with one attached hydrogen (secondary N) is 1. The molecule has 174 valence electrons. The first-order valence-electron chi connectivity index (χ1n) is 11.3. The van der Waals surface area contributed by atoms with Crippen molar-refractivity contribution in [2.45, 2.75) is 19.9 Å². The second-order valence-corrected chi connectivity index (χ2v) is 8.45. The summed E-state index contributed by atoms with van der Waals surface area (Å²) in [7, 11) is 0. The van der Waals surface area contributed by atoms with E-state index in [1.165, 1.54) is 10.5 Å². The molecule has 3 aromatic carbocycles. The molecule has 5 rings (SSSR count). The molecule has 1 aliphatic heterocycles. The molecule has 0 radical (unpaired) electrons. The summed E-state index contributed by atoms with van der Waals surface area (Å²) in [6.45, 7) is 2.59. The SMILES string of the molecule is Cc1ccc(-c2nc(CCNC(=O)c3ccc(CN4C(=O)c5ccccc5C4=O)cc3)co2)cc1. The van der Waals surface area contributed by atoms with Crippen LogP contribution in [0, 0.1) is 6.92 Å². The molecule has 3 amide bonds. The molecule has 1 aliphatic rings. The van der Waals surface area contributed by atoms with Crippen LogP contribution in [-0.2, 0) is 13.0 Å². The minimum absolute atomic E-state index is 0.156. The summed E-state index contributed by atoms with van der Waals surface area (Å²) < 4.78 is 5.56. The molecule has 35 heavy (non-hydrogen) atoms. The number of aromatic nitrogens is 1. The zero-order chi connectivity index (χ0) is 24.4. The third-order valence-electron chi connectivity index (χ3n) is 5.95. The van der Waals surface area contributed by atoms with E-state index in [4.69, 9.17) is 4.42 Å². The van der Waals surface area contributed by atoms with Gasteiger partial charge in [0.1, 0.15) is 6.26 Å². The first-order chi connectivity index (χ1) is 17.0. The van der Waals surface area contributed by atoms with Gasteiger partial charge in [0.25, 0.3) is 17.7 Å². The third-order valence-corrected chi connectivity index (χ3v) is 5.95. The minimum Gasteiger partial charge on any atom is -0.444 e. The molecule has 0 fully saturated rings. The molecule has 7 nitrogen and oxygen atoms in total. The summed E-state index contributed by atoms with van der Waals surface area (Å²) >= 11 is 0. The molecule has 1 N–H and O–H groups in total. The number of carbonyl (C=O) groups excluding carboxylic acids is 3. The Kier molecular flexibility index (Phi) is 5.97. The van der Waals surface area contributed by atoms with Crippen molar-refractivity contribution in [1.82, 2.24) is 15.2 Å². The van der Waals surface area contributed by atoms with Gasteiger partial charge in [-0.3, -0.25) is 19.3 Å². The number of hydrogen-bond acceptors (Lipinski definition) is 5. The van der Waals surface area contributed by atoms with E-state index in [1.807, 2.05) is 31.2 Å². The first-order valence-corrected chi connectivity index (χ1v) is 11.3. The molecule has 4 aromatic rings. The van der Waals surface area contributed by atoms with Crippen molar-refractivity contribution in [2.75, 3.05) is 6.54 Å². The van der Waals surface area contributed by atoms with Gasteiger partial charge in [0.15, 0.2) is 0 Å². The molecule has 0 aliphatic carbocycles. The van der Waals surface area contributed by atoms with Crippen LogP contribution in [0.15, 0.2) is 83.5 Å². The Morgan fingerprint density at radius 2 is 1.57 bits per heavy atom. The lowest BCUT2D eigenvalue weighted by Crippen LogP contribution is -2.29. The Bertz CT molecular complexity index is 1370. The van der Waals surface area contributed by atoms with Crippen LogP contribution in [0.1, 0.15) is 47.9 Å². The number of imide groups is 1. The lowest BCUT2D eigenvalue weighted by atomic mass is 10.1. The molecule has 1 aromatic heterocycles. The molecule has 0 bridgehead atoms. The number of amides is 3. The third kappa shape index (κ3) is 4.61. The Morgan fingerprint density at radius 3 is 2.23 bits per heavy atom. The highest BCUT2D eigenvalue weighted by molar-refractivity contribution is 6.21. The van der Waals surface area contributed by atoms with Crippen LogP contribution in [0.3, 0.4) is 0 Å². The molecular formula is C28H23N3O4. The van der Waals surface area contributed by atoms with Crippen LogP contribution in [0.5, 0.6) is 0 Å². The van der Waals surface area contributed by atoms with Gasteiger partial charge < -0.3 is 9.73 Å². The highest BCUT2D eigenvalue weighted by Crippen LogP contribution is 2.24. The van der Waals surface area contributed by atoms with Gasteiger partial charge in [-0.15, -0.1) is 0 Å². The number of hydrogen-bond donors (Lipinski definition) is 1. The normalized spacial score (nSPS) is 12.7. The summed E-state index contributed by atoms with van der Waals surface area (Å²) in [6.07, 6.45) is 2.15. The predicted molar refractivity (Wildman–Crippen MR) is 130 cm³/mol. The molecule has 2 heterocycles. The van der Waals surface area contributed by atoms with Crippen molar-refractivity contribution in [3.63, 3.8) is 0 Å². The molecular weight excluding hydrogens is 442 g/mol. The lowest BCUT2D eigenvalue weighted by Gasteiger charge is -2.14. The van der Waals surface area contributed by atoms with E-state index in [-0.39, 0.29) is 24.3 Å². The Morgan fingerprint density at radius 1 is 0.914 bits per heavy atom. The number of carbonyl (C=O) groups is 3. The van der Waals surface area contributed by atoms with E-state index < -0.39 is 0 Å². The fourth-order valence-electron chi connectivity index (χ4n) is 3.98. The summed E-state index contributed by atoms with van der Waals surface area (Å²) in [6, 6.07) is 21.6. The standard InChI is InChI=1S/C28H23N3O4/c1-18-6-10-21(11-7-18)26-30-22(17-35-26)14-15-29-25(32)20-12-8-19(9-13-20)16-31-27(33)23-4-2-3-5-24(23)28(31)34/h2-13,17H,14-16H2,1H3,(H,29,32). The Labute approximate surface area is 202 Å². The second-order valence-electron chi connectivity index (χ2n) is 8.45. The Balaban J connectivity index is 1.14. The van der Waals surface area contributed by atoms with Crippen LogP contribution in [-0.4, -0.2) is 34.2 Å². The number of fused-ring (bicyclic) bond motifs is 1. The van der Waals surface area contributed by atoms with Crippen molar-refractivity contribution < 1.29 is 18.8 Å². The van der Waals surface area contributed by atoms with Crippen molar-refractivity contribution in [1.29, 1.82) is 0 Å². The van der Waals surface area contributed by atoms with Crippen molar-refractivity contribution in [3.8, 4) is 11.5 Å². The first kappa shape index (κ1) is 22.3. The van der Waals surface area contributed by atoms with Gasteiger partial charge in [-0.25, -0.2) is 4.98 Å². The fourth-order valence-corrected chi connectivity index (χ4v) is 3.98. The van der Waals surface area contributed by atoms with Crippen molar-refractivity contribution in [2.24, 2.45) is 0 Å². The van der Waals surface area contributed by atoms with E-state index in [9.17, 15) is 14.4 Å². The number of nitrogens with zero attached hydrogens (tertiary/aromatic N) is 2. The Hall–Kier alpha value is -4.52. The van der Waals surface area contributed by atoms with Crippen LogP contribution in [0.25, 0.3) is 11.5 Å². The average Bonchev–Trinajstić information content (AvgIpc) is 3.44. The van der Waals surface area contributed by atoms with Gasteiger partial charge in [0.2, 0.25) is 5.89 Å². The van der Waals surface area contributed by atoms with Gasteiger partial charge in [-0.05, 0) is 48.9 Å². The number of oxazole rings is 1. The van der Waals surface area contributed by atoms with E-state index in [1.54, 1.807) is 54.8 Å². The van der Waals surface area contributed by atoms with Gasteiger partial charge in [0.05, 0.1) is 23.4 Å². The highest BCUT2D eigenvalue weighted by Gasteiger charge is 2.34. The quantitative estimate of drug-likeness (QED) is 0.408. The minimum atomic E-state index is -0.300. The van der Waals surface area contributed by atoms with Gasteiger partial charge in [-0.2, -0.15) is 0 Å². The zero-order valence-corrected chi connectivity index (χ0v) is 19.2. The molecule has 0 saturated carbocycles. The van der Waals surface area contributed by atoms with Gasteiger partial charge in [-0.1, -0.05) is 42.0 Å². The average molecular weight is 466 g/mol. The monoisotopic (exact) mass is 465 g/mol. The topological polar surface area (TPSA) is 92.5 Å². The maximum absolute atomic E-state index is 12.5. The van der Waals surface area contributed by atoms with Crippen molar-refractivity contribution >= 4 is 17.7 Å². The maximum Gasteiger partial charge on any atom is 0.261 e. The predicted octanol–water partition coefficient (Wildman–Crippen LogP) is 4.42. The zero-order valence-electron chi connectivity index (χ0n) is 19.2. The van der Waals surface area contributed by atoms with E-state index >= 15 is 0 Å². The van der Waals surface area contributed by atoms with Crippen LogP contribution >= 0.6 is 0 Å².